The Kier molecular flexibility index (Phi) is 8.34. The van der Waals surface area contributed by atoms with Crippen molar-refractivity contribution in [3.8, 4) is 6.07 Å². The van der Waals surface area contributed by atoms with Gasteiger partial charge in [-0.15, -0.1) is 0 Å². The van der Waals surface area contributed by atoms with Crippen molar-refractivity contribution in [1.82, 2.24) is 4.90 Å². The molecule has 3 aromatic rings. The normalized spacial score (nSPS) is 10.7. The molecule has 6 nitrogen and oxygen atoms in total. The summed E-state index contributed by atoms with van der Waals surface area (Å²) in [6.07, 6.45) is 0. The third-order valence-electron chi connectivity index (χ3n) is 5.79. The highest BCUT2D eigenvalue weighted by molar-refractivity contribution is 5.96. The van der Waals surface area contributed by atoms with E-state index < -0.39 is 5.82 Å². The maximum absolute atomic E-state index is 14.5. The number of carbonyl (C=O) groups excluding carboxylic acids is 2. The minimum atomic E-state index is -0.501. The Morgan fingerprint density at radius 2 is 1.29 bits per heavy atom. The van der Waals surface area contributed by atoms with Crippen LogP contribution in [0.1, 0.15) is 33.4 Å². The number of hydrogen-bond acceptors (Lipinski definition) is 4. The Bertz CT molecular complexity index is 1190. The minimum absolute atomic E-state index is 0.0122. The summed E-state index contributed by atoms with van der Waals surface area (Å²) in [5, 5.41) is 15.0. The minimum Gasteiger partial charge on any atom is -0.324 e. The van der Waals surface area contributed by atoms with E-state index in [4.69, 9.17) is 0 Å². The zero-order valence-electron chi connectivity index (χ0n) is 20.4. The predicted molar refractivity (Wildman–Crippen MR) is 135 cm³/mol. The van der Waals surface area contributed by atoms with E-state index in [1.165, 1.54) is 18.2 Å². The molecule has 0 aliphatic carbocycles. The molecule has 7 heteroatoms. The Morgan fingerprint density at radius 3 is 1.71 bits per heavy atom. The summed E-state index contributed by atoms with van der Waals surface area (Å²) in [6.45, 7) is 7.33. The molecule has 0 spiro atoms. The van der Waals surface area contributed by atoms with Crippen molar-refractivity contribution in [2.75, 3.05) is 23.7 Å². The molecule has 0 aromatic heterocycles. The number of hydrogen-bond donors (Lipinski definition) is 2. The van der Waals surface area contributed by atoms with Crippen molar-refractivity contribution in [2.24, 2.45) is 0 Å². The number of anilines is 2. The fraction of sp³-hybridized carbons (Fsp3) is 0.250. The Morgan fingerprint density at radius 1 is 0.829 bits per heavy atom. The Hall–Kier alpha value is -4.02. The standard InChI is InChI=1S/C28H29FN4O2/c1-18-7-5-8-19(2)27(18)31-25(34)16-33(15-23-13-22(14-30)11-12-24(23)29)17-26(35)32-28-20(3)9-6-10-21(28)4/h5-13H,15-17H2,1-4H3,(H,31,34)(H,32,35). The van der Waals surface area contributed by atoms with Crippen LogP contribution in [0.25, 0.3) is 0 Å². The summed E-state index contributed by atoms with van der Waals surface area (Å²) in [5.41, 5.74) is 5.67. The van der Waals surface area contributed by atoms with Gasteiger partial charge in [-0.2, -0.15) is 5.26 Å². The van der Waals surface area contributed by atoms with Crippen LogP contribution in [0.4, 0.5) is 15.8 Å². The lowest BCUT2D eigenvalue weighted by molar-refractivity contribution is -0.120. The molecular weight excluding hydrogens is 443 g/mol. The SMILES string of the molecule is Cc1cccc(C)c1NC(=O)CN(CC(=O)Nc1c(C)cccc1C)Cc1cc(C#N)ccc1F. The molecule has 0 unspecified atom stereocenters. The third-order valence-corrected chi connectivity index (χ3v) is 5.79. The first kappa shape index (κ1) is 25.6. The lowest BCUT2D eigenvalue weighted by Gasteiger charge is -2.23. The molecule has 0 aliphatic rings. The highest BCUT2D eigenvalue weighted by Crippen LogP contribution is 2.21. The number of nitrogens with one attached hydrogen (secondary N) is 2. The quantitative estimate of drug-likeness (QED) is 0.483. The van der Waals surface area contributed by atoms with Crippen molar-refractivity contribution in [3.63, 3.8) is 0 Å². The fourth-order valence-electron chi connectivity index (χ4n) is 3.96. The predicted octanol–water partition coefficient (Wildman–Crippen LogP) is 5.01. The summed E-state index contributed by atoms with van der Waals surface area (Å²) in [7, 11) is 0. The van der Waals surface area contributed by atoms with Crippen molar-refractivity contribution >= 4 is 23.2 Å². The first-order chi connectivity index (χ1) is 16.7. The second kappa shape index (κ2) is 11.4. The smallest absolute Gasteiger partial charge is 0.238 e. The second-order valence-corrected chi connectivity index (χ2v) is 8.69. The molecule has 0 fully saturated rings. The lowest BCUT2D eigenvalue weighted by Crippen LogP contribution is -2.39. The third kappa shape index (κ3) is 6.75. The average Bonchev–Trinajstić information content (AvgIpc) is 2.80. The van der Waals surface area contributed by atoms with Crippen molar-refractivity contribution in [3.05, 3.63) is 93.8 Å². The number of halogens is 1. The highest BCUT2D eigenvalue weighted by Gasteiger charge is 2.19. The summed E-state index contributed by atoms with van der Waals surface area (Å²) in [6, 6.07) is 17.5. The molecule has 180 valence electrons. The number of para-hydroxylation sites is 2. The number of rotatable bonds is 8. The van der Waals surface area contributed by atoms with Gasteiger partial charge in [0.2, 0.25) is 11.8 Å². The summed E-state index contributed by atoms with van der Waals surface area (Å²) in [4.78, 5) is 27.4. The molecule has 0 bridgehead atoms. The molecule has 0 aliphatic heterocycles. The van der Waals surface area contributed by atoms with Crippen LogP contribution in [0.5, 0.6) is 0 Å². The van der Waals surface area contributed by atoms with E-state index in [0.717, 1.165) is 33.6 Å². The lowest BCUT2D eigenvalue weighted by atomic mass is 10.1. The van der Waals surface area contributed by atoms with Crippen LogP contribution in [0.2, 0.25) is 0 Å². The first-order valence-corrected chi connectivity index (χ1v) is 11.3. The van der Waals surface area contributed by atoms with Crippen LogP contribution in [0.15, 0.2) is 54.6 Å². The van der Waals surface area contributed by atoms with Crippen LogP contribution in [0, 0.1) is 44.8 Å². The summed E-state index contributed by atoms with van der Waals surface area (Å²) >= 11 is 0. The van der Waals surface area contributed by atoms with Gasteiger partial charge in [0, 0.05) is 23.5 Å². The van der Waals surface area contributed by atoms with Gasteiger partial charge in [0.1, 0.15) is 5.82 Å². The van der Waals surface area contributed by atoms with Gasteiger partial charge in [-0.1, -0.05) is 36.4 Å². The zero-order valence-corrected chi connectivity index (χ0v) is 20.4. The zero-order chi connectivity index (χ0) is 25.5. The van der Waals surface area contributed by atoms with E-state index in [-0.39, 0.29) is 37.0 Å². The number of aryl methyl sites for hydroxylation is 4. The number of nitrogens with zero attached hydrogens (tertiary/aromatic N) is 2. The summed E-state index contributed by atoms with van der Waals surface area (Å²) < 4.78 is 14.5. The molecule has 0 saturated carbocycles. The van der Waals surface area contributed by atoms with E-state index in [2.05, 4.69) is 10.6 Å². The van der Waals surface area contributed by atoms with Gasteiger partial charge in [0.15, 0.2) is 0 Å². The first-order valence-electron chi connectivity index (χ1n) is 11.3. The van der Waals surface area contributed by atoms with E-state index in [9.17, 15) is 19.2 Å². The molecule has 0 saturated heterocycles. The van der Waals surface area contributed by atoms with Gasteiger partial charge in [-0.05, 0) is 68.1 Å². The molecule has 0 heterocycles. The molecule has 3 rings (SSSR count). The van der Waals surface area contributed by atoms with Gasteiger partial charge >= 0.3 is 0 Å². The molecule has 0 atom stereocenters. The number of benzene rings is 3. The van der Waals surface area contributed by atoms with E-state index in [1.807, 2.05) is 70.2 Å². The van der Waals surface area contributed by atoms with Gasteiger partial charge in [0.25, 0.3) is 0 Å². The maximum Gasteiger partial charge on any atom is 0.238 e. The molecule has 2 amide bonds. The monoisotopic (exact) mass is 472 g/mol. The maximum atomic E-state index is 14.5. The van der Waals surface area contributed by atoms with Crippen LogP contribution in [0.3, 0.4) is 0 Å². The highest BCUT2D eigenvalue weighted by atomic mass is 19.1. The van der Waals surface area contributed by atoms with Gasteiger partial charge in [-0.25, -0.2) is 4.39 Å². The second-order valence-electron chi connectivity index (χ2n) is 8.69. The Labute approximate surface area is 205 Å². The molecule has 35 heavy (non-hydrogen) atoms. The molecular formula is C28H29FN4O2. The Balaban J connectivity index is 1.81. The molecule has 0 radical (unpaired) electrons. The van der Waals surface area contributed by atoms with E-state index in [1.54, 1.807) is 4.90 Å². The van der Waals surface area contributed by atoms with Gasteiger partial charge in [0.05, 0.1) is 24.7 Å². The van der Waals surface area contributed by atoms with Crippen molar-refractivity contribution in [1.29, 1.82) is 5.26 Å². The molecule has 3 aromatic carbocycles. The number of nitriles is 1. The van der Waals surface area contributed by atoms with Gasteiger partial charge in [-0.3, -0.25) is 14.5 Å². The van der Waals surface area contributed by atoms with Crippen LogP contribution in [-0.4, -0.2) is 29.8 Å². The van der Waals surface area contributed by atoms with Crippen molar-refractivity contribution in [2.45, 2.75) is 34.2 Å². The number of amides is 2. The topological polar surface area (TPSA) is 85.2 Å². The van der Waals surface area contributed by atoms with Crippen LogP contribution < -0.4 is 10.6 Å². The summed E-state index contributed by atoms with van der Waals surface area (Å²) in [5.74, 6) is -1.14. The average molecular weight is 473 g/mol. The van der Waals surface area contributed by atoms with Crippen LogP contribution in [-0.2, 0) is 16.1 Å². The fourth-order valence-corrected chi connectivity index (χ4v) is 3.96. The van der Waals surface area contributed by atoms with E-state index >= 15 is 0 Å². The van der Waals surface area contributed by atoms with Crippen LogP contribution >= 0.6 is 0 Å². The van der Waals surface area contributed by atoms with Gasteiger partial charge < -0.3 is 10.6 Å². The van der Waals surface area contributed by atoms with Crippen molar-refractivity contribution < 1.29 is 14.0 Å². The largest absolute Gasteiger partial charge is 0.324 e. The molecule has 2 N–H and O–H groups in total. The van der Waals surface area contributed by atoms with E-state index in [0.29, 0.717) is 5.56 Å². The number of carbonyl (C=O) groups is 2.